The van der Waals surface area contributed by atoms with Crippen LogP contribution in [-0.4, -0.2) is 46.4 Å². The zero-order valence-electron chi connectivity index (χ0n) is 10.7. The Kier molecular flexibility index (Phi) is 5.53. The number of thiazole rings is 1. The van der Waals surface area contributed by atoms with E-state index in [2.05, 4.69) is 9.88 Å². The number of furan rings is 1. The van der Waals surface area contributed by atoms with Crippen molar-refractivity contribution in [3.63, 3.8) is 0 Å². The van der Waals surface area contributed by atoms with Gasteiger partial charge in [0.05, 0.1) is 18.6 Å². The van der Waals surface area contributed by atoms with Gasteiger partial charge in [0.2, 0.25) is 0 Å². The maximum Gasteiger partial charge on any atom is 0.162 e. The van der Waals surface area contributed by atoms with Gasteiger partial charge in [0.15, 0.2) is 10.8 Å². The molecule has 2 rings (SSSR count). The van der Waals surface area contributed by atoms with Crippen molar-refractivity contribution in [1.29, 1.82) is 0 Å². The number of rotatable bonds is 8. The van der Waals surface area contributed by atoms with Gasteiger partial charge in [-0.2, -0.15) is 0 Å². The maximum absolute atomic E-state index is 9.03. The minimum absolute atomic E-state index is 0.112. The zero-order chi connectivity index (χ0) is 13.5. The van der Waals surface area contributed by atoms with Crippen molar-refractivity contribution in [2.24, 2.45) is 0 Å². The summed E-state index contributed by atoms with van der Waals surface area (Å²) >= 11 is 1.55. The van der Waals surface area contributed by atoms with Crippen LogP contribution < -0.4 is 0 Å². The Bertz CT molecular complexity index is 470. The van der Waals surface area contributed by atoms with Gasteiger partial charge in [0, 0.05) is 31.6 Å². The lowest BCUT2D eigenvalue weighted by atomic mass is 10.3. The molecule has 19 heavy (non-hydrogen) atoms. The molecule has 2 N–H and O–H groups in total. The van der Waals surface area contributed by atoms with Crippen LogP contribution in [0.2, 0.25) is 0 Å². The van der Waals surface area contributed by atoms with E-state index in [0.717, 1.165) is 23.0 Å². The highest BCUT2D eigenvalue weighted by molar-refractivity contribution is 7.13. The highest BCUT2D eigenvalue weighted by Crippen LogP contribution is 2.24. The van der Waals surface area contributed by atoms with Gasteiger partial charge in [0.25, 0.3) is 0 Å². The van der Waals surface area contributed by atoms with Gasteiger partial charge in [-0.1, -0.05) is 0 Å². The lowest BCUT2D eigenvalue weighted by Crippen LogP contribution is -2.28. The average Bonchev–Trinajstić information content (AvgIpc) is 3.06. The van der Waals surface area contributed by atoms with Gasteiger partial charge in [-0.3, -0.25) is 4.90 Å². The van der Waals surface area contributed by atoms with E-state index in [4.69, 9.17) is 14.6 Å². The fourth-order valence-electron chi connectivity index (χ4n) is 1.83. The molecule has 0 fully saturated rings. The number of aromatic nitrogens is 1. The van der Waals surface area contributed by atoms with Crippen LogP contribution in [0.15, 0.2) is 28.2 Å². The van der Waals surface area contributed by atoms with Crippen LogP contribution in [0.25, 0.3) is 10.8 Å². The Labute approximate surface area is 116 Å². The normalized spacial score (nSPS) is 11.3. The fraction of sp³-hybridized carbons (Fsp3) is 0.462. The topological polar surface area (TPSA) is 69.7 Å². The minimum Gasteiger partial charge on any atom is -0.462 e. The number of nitrogens with zero attached hydrogens (tertiary/aromatic N) is 2. The van der Waals surface area contributed by atoms with E-state index in [9.17, 15) is 0 Å². The standard InChI is InChI=1S/C13H18N2O3S/c16-6-2-4-15(5-7-17)9-11-10-19-13(14-11)12-3-1-8-18-12/h1,3,8,10,16-17H,2,4-7,9H2. The number of aliphatic hydroxyl groups is 2. The Morgan fingerprint density at radius 1 is 1.26 bits per heavy atom. The third kappa shape index (κ3) is 4.14. The molecule has 0 bridgehead atoms. The number of hydrogen-bond acceptors (Lipinski definition) is 6. The van der Waals surface area contributed by atoms with Crippen molar-refractivity contribution in [3.8, 4) is 10.8 Å². The molecule has 0 saturated carbocycles. The summed E-state index contributed by atoms with van der Waals surface area (Å²) in [7, 11) is 0. The first-order chi connectivity index (χ1) is 9.33. The van der Waals surface area contributed by atoms with E-state index in [1.807, 2.05) is 17.5 Å². The van der Waals surface area contributed by atoms with E-state index in [1.54, 1.807) is 17.6 Å². The number of aliphatic hydroxyl groups excluding tert-OH is 2. The molecule has 0 unspecified atom stereocenters. The van der Waals surface area contributed by atoms with E-state index < -0.39 is 0 Å². The molecular weight excluding hydrogens is 264 g/mol. The predicted octanol–water partition coefficient (Wildman–Crippen LogP) is 1.58. The van der Waals surface area contributed by atoms with Gasteiger partial charge in [0.1, 0.15) is 0 Å². The van der Waals surface area contributed by atoms with Crippen molar-refractivity contribution < 1.29 is 14.6 Å². The van der Waals surface area contributed by atoms with Gasteiger partial charge in [-0.25, -0.2) is 4.98 Å². The molecule has 0 amide bonds. The highest BCUT2D eigenvalue weighted by atomic mass is 32.1. The van der Waals surface area contributed by atoms with Crippen LogP contribution in [-0.2, 0) is 6.54 Å². The first-order valence-corrected chi connectivity index (χ1v) is 7.14. The van der Waals surface area contributed by atoms with E-state index in [0.29, 0.717) is 19.5 Å². The smallest absolute Gasteiger partial charge is 0.162 e. The van der Waals surface area contributed by atoms with Gasteiger partial charge < -0.3 is 14.6 Å². The predicted molar refractivity (Wildman–Crippen MR) is 73.9 cm³/mol. The summed E-state index contributed by atoms with van der Waals surface area (Å²) in [6.45, 7) is 2.30. The summed E-state index contributed by atoms with van der Waals surface area (Å²) in [6.07, 6.45) is 2.34. The Morgan fingerprint density at radius 2 is 2.16 bits per heavy atom. The van der Waals surface area contributed by atoms with Crippen molar-refractivity contribution in [2.45, 2.75) is 13.0 Å². The summed E-state index contributed by atoms with van der Waals surface area (Å²) in [5.41, 5.74) is 0.961. The molecule has 0 aliphatic heterocycles. The molecule has 2 heterocycles. The van der Waals surface area contributed by atoms with Gasteiger partial charge >= 0.3 is 0 Å². The third-order valence-electron chi connectivity index (χ3n) is 2.72. The lowest BCUT2D eigenvalue weighted by Gasteiger charge is -2.19. The monoisotopic (exact) mass is 282 g/mol. The Morgan fingerprint density at radius 3 is 2.84 bits per heavy atom. The Hall–Kier alpha value is -1.21. The lowest BCUT2D eigenvalue weighted by molar-refractivity contribution is 0.173. The van der Waals surface area contributed by atoms with Crippen molar-refractivity contribution in [2.75, 3.05) is 26.3 Å². The molecule has 5 nitrogen and oxygen atoms in total. The average molecular weight is 282 g/mol. The molecule has 2 aromatic rings. The fourth-order valence-corrected chi connectivity index (χ4v) is 2.60. The maximum atomic E-state index is 9.03. The van der Waals surface area contributed by atoms with Crippen LogP contribution in [0.1, 0.15) is 12.1 Å². The second-order valence-electron chi connectivity index (χ2n) is 4.20. The molecule has 0 aliphatic rings. The quantitative estimate of drug-likeness (QED) is 0.769. The van der Waals surface area contributed by atoms with Crippen molar-refractivity contribution in [1.82, 2.24) is 9.88 Å². The van der Waals surface area contributed by atoms with Crippen molar-refractivity contribution >= 4 is 11.3 Å². The van der Waals surface area contributed by atoms with Crippen LogP contribution in [0.5, 0.6) is 0 Å². The highest BCUT2D eigenvalue weighted by Gasteiger charge is 2.10. The molecule has 0 radical (unpaired) electrons. The third-order valence-corrected chi connectivity index (χ3v) is 3.62. The van der Waals surface area contributed by atoms with Crippen LogP contribution in [0, 0.1) is 0 Å². The van der Waals surface area contributed by atoms with E-state index >= 15 is 0 Å². The summed E-state index contributed by atoms with van der Waals surface area (Å²) in [5.74, 6) is 0.778. The van der Waals surface area contributed by atoms with Crippen LogP contribution in [0.3, 0.4) is 0 Å². The van der Waals surface area contributed by atoms with E-state index in [1.165, 1.54) is 0 Å². The second kappa shape index (κ2) is 7.40. The molecule has 104 valence electrons. The summed E-state index contributed by atoms with van der Waals surface area (Å²) in [6, 6.07) is 3.73. The molecule has 0 aromatic carbocycles. The zero-order valence-corrected chi connectivity index (χ0v) is 11.5. The molecule has 0 spiro atoms. The minimum atomic E-state index is 0.112. The van der Waals surface area contributed by atoms with Crippen LogP contribution >= 0.6 is 11.3 Å². The molecule has 6 heteroatoms. The summed E-state index contributed by atoms with van der Waals surface area (Å²) in [4.78, 5) is 6.60. The number of hydrogen-bond donors (Lipinski definition) is 2. The molecule has 0 aliphatic carbocycles. The Balaban J connectivity index is 1.97. The largest absolute Gasteiger partial charge is 0.462 e. The molecule has 0 saturated heterocycles. The molecule has 0 atom stereocenters. The second-order valence-corrected chi connectivity index (χ2v) is 5.06. The van der Waals surface area contributed by atoms with E-state index in [-0.39, 0.29) is 13.2 Å². The molecular formula is C13H18N2O3S. The van der Waals surface area contributed by atoms with Crippen LogP contribution in [0.4, 0.5) is 0 Å². The SMILES string of the molecule is OCCCN(CCO)Cc1csc(-c2ccco2)n1. The van der Waals surface area contributed by atoms with Gasteiger partial charge in [-0.05, 0) is 18.6 Å². The summed E-state index contributed by atoms with van der Waals surface area (Å²) in [5, 5.41) is 20.8. The molecule has 2 aromatic heterocycles. The first-order valence-electron chi connectivity index (χ1n) is 6.26. The first kappa shape index (κ1) is 14.2. The summed E-state index contributed by atoms with van der Waals surface area (Å²) < 4.78 is 5.31. The van der Waals surface area contributed by atoms with Gasteiger partial charge in [-0.15, -0.1) is 11.3 Å². The van der Waals surface area contributed by atoms with Crippen molar-refractivity contribution in [3.05, 3.63) is 29.5 Å².